The van der Waals surface area contributed by atoms with E-state index in [-0.39, 0.29) is 12.3 Å². The average Bonchev–Trinajstić information content (AvgIpc) is 2.81. The molecule has 1 heterocycles. The molecule has 0 atom stereocenters. The molecule has 0 bridgehead atoms. The Morgan fingerprint density at radius 3 is 2.50 bits per heavy atom. The zero-order valence-electron chi connectivity index (χ0n) is 14.5. The van der Waals surface area contributed by atoms with Crippen LogP contribution in [-0.4, -0.2) is 32.3 Å². The van der Waals surface area contributed by atoms with E-state index in [1.54, 1.807) is 22.9 Å². The van der Waals surface area contributed by atoms with Crippen molar-refractivity contribution >= 4 is 35.1 Å². The number of carbonyl (C=O) groups is 2. The number of hydrogen-bond acceptors (Lipinski definition) is 3. The van der Waals surface area contributed by atoms with Crippen LogP contribution in [0.1, 0.15) is 36.2 Å². The normalized spacial score (nSPS) is 15.4. The third-order valence-electron chi connectivity index (χ3n) is 4.92. The summed E-state index contributed by atoms with van der Waals surface area (Å²) < 4.78 is 1.70. The number of halogens is 2. The maximum Gasteiger partial charge on any atom is 0.329 e. The van der Waals surface area contributed by atoms with Gasteiger partial charge < -0.3 is 10.4 Å². The molecule has 0 spiro atoms. The highest BCUT2D eigenvalue weighted by atomic mass is 35.5. The molecular formula is C18H19Cl2N3O3. The maximum absolute atomic E-state index is 12.4. The van der Waals surface area contributed by atoms with Gasteiger partial charge in [-0.1, -0.05) is 23.2 Å². The minimum Gasteiger partial charge on any atom is -0.480 e. The van der Waals surface area contributed by atoms with Crippen LogP contribution >= 0.6 is 23.2 Å². The quantitative estimate of drug-likeness (QED) is 0.811. The molecular weight excluding hydrogens is 377 g/mol. The summed E-state index contributed by atoms with van der Waals surface area (Å²) in [6.07, 6.45) is 1.82. The molecule has 1 aliphatic rings. The van der Waals surface area contributed by atoms with Gasteiger partial charge in [0.1, 0.15) is 5.54 Å². The number of carboxylic acids is 1. The standard InChI is InChI=1S/C18H19Cl2N3O3/c1-10-13(9-16(24)21-18(17(25)26)6-3-7-18)11(2)23(22-10)12-4-5-14(19)15(20)8-12/h4-5,8H,3,6-7,9H2,1-2H3,(H,21,24)(H,25,26). The number of benzene rings is 1. The number of aliphatic carboxylic acids is 1. The Hall–Kier alpha value is -2.05. The van der Waals surface area contributed by atoms with Crippen LogP contribution in [0, 0.1) is 13.8 Å². The molecule has 1 aromatic heterocycles. The maximum atomic E-state index is 12.4. The van der Waals surface area contributed by atoms with E-state index in [0.29, 0.717) is 28.6 Å². The molecule has 26 heavy (non-hydrogen) atoms. The van der Waals surface area contributed by atoms with Crippen molar-refractivity contribution in [1.82, 2.24) is 15.1 Å². The van der Waals surface area contributed by atoms with Crippen LogP contribution in [0.25, 0.3) is 5.69 Å². The first kappa shape index (κ1) is 18.7. The highest BCUT2D eigenvalue weighted by molar-refractivity contribution is 6.42. The Balaban J connectivity index is 1.83. The van der Waals surface area contributed by atoms with Gasteiger partial charge in [0.05, 0.1) is 27.8 Å². The van der Waals surface area contributed by atoms with E-state index < -0.39 is 11.5 Å². The van der Waals surface area contributed by atoms with Gasteiger partial charge in [0, 0.05) is 11.3 Å². The third-order valence-corrected chi connectivity index (χ3v) is 5.66. The molecule has 0 unspecified atom stereocenters. The summed E-state index contributed by atoms with van der Waals surface area (Å²) in [5.41, 5.74) is 1.91. The predicted octanol–water partition coefficient (Wildman–Crippen LogP) is 3.46. The Morgan fingerprint density at radius 1 is 1.27 bits per heavy atom. The first-order valence-corrected chi connectivity index (χ1v) is 9.04. The minimum atomic E-state index is -1.11. The molecule has 0 radical (unpaired) electrons. The summed E-state index contributed by atoms with van der Waals surface area (Å²) in [6.45, 7) is 3.68. The molecule has 1 fully saturated rings. The zero-order valence-corrected chi connectivity index (χ0v) is 16.0. The Labute approximate surface area is 161 Å². The number of aryl methyl sites for hydroxylation is 1. The molecule has 8 heteroatoms. The molecule has 6 nitrogen and oxygen atoms in total. The van der Waals surface area contributed by atoms with Gasteiger partial charge in [-0.15, -0.1) is 0 Å². The lowest BCUT2D eigenvalue weighted by Crippen LogP contribution is -2.59. The van der Waals surface area contributed by atoms with Crippen LogP contribution in [0.4, 0.5) is 0 Å². The molecule has 1 saturated carbocycles. The third kappa shape index (κ3) is 3.31. The van der Waals surface area contributed by atoms with Crippen LogP contribution in [0.3, 0.4) is 0 Å². The Kier molecular flexibility index (Phi) is 4.99. The zero-order chi connectivity index (χ0) is 19.1. The number of amides is 1. The first-order chi connectivity index (χ1) is 12.2. The van der Waals surface area contributed by atoms with E-state index in [9.17, 15) is 14.7 Å². The number of rotatable bonds is 5. The van der Waals surface area contributed by atoms with Crippen molar-refractivity contribution in [2.45, 2.75) is 45.1 Å². The predicted molar refractivity (Wildman–Crippen MR) is 99.1 cm³/mol. The summed E-state index contributed by atoms with van der Waals surface area (Å²) in [7, 11) is 0. The van der Waals surface area contributed by atoms with Gasteiger partial charge in [0.2, 0.25) is 5.91 Å². The number of hydrogen-bond donors (Lipinski definition) is 2. The molecule has 1 aliphatic carbocycles. The number of aromatic nitrogens is 2. The SMILES string of the molecule is Cc1nn(-c2ccc(Cl)c(Cl)c2)c(C)c1CC(=O)NC1(C(=O)O)CCC1. The van der Waals surface area contributed by atoms with E-state index in [4.69, 9.17) is 23.2 Å². The van der Waals surface area contributed by atoms with Crippen LogP contribution in [0.15, 0.2) is 18.2 Å². The van der Waals surface area contributed by atoms with Crippen LogP contribution in [-0.2, 0) is 16.0 Å². The number of carboxylic acid groups (broad SMARTS) is 1. The van der Waals surface area contributed by atoms with Gasteiger partial charge in [-0.05, 0) is 51.3 Å². The van der Waals surface area contributed by atoms with Gasteiger partial charge >= 0.3 is 5.97 Å². The highest BCUT2D eigenvalue weighted by Crippen LogP contribution is 2.32. The summed E-state index contributed by atoms with van der Waals surface area (Å²) in [5, 5.41) is 17.4. The van der Waals surface area contributed by atoms with Crippen molar-refractivity contribution in [3.8, 4) is 5.69 Å². The summed E-state index contributed by atoms with van der Waals surface area (Å²) >= 11 is 12.0. The molecule has 1 amide bonds. The van der Waals surface area contributed by atoms with E-state index in [1.807, 2.05) is 13.8 Å². The Morgan fingerprint density at radius 2 is 1.96 bits per heavy atom. The van der Waals surface area contributed by atoms with Crippen molar-refractivity contribution in [3.63, 3.8) is 0 Å². The topological polar surface area (TPSA) is 84.2 Å². The van der Waals surface area contributed by atoms with Crippen molar-refractivity contribution in [2.24, 2.45) is 0 Å². The fourth-order valence-corrected chi connectivity index (χ4v) is 3.49. The smallest absolute Gasteiger partial charge is 0.329 e. The molecule has 0 saturated heterocycles. The van der Waals surface area contributed by atoms with Crippen LogP contribution in [0.5, 0.6) is 0 Å². The van der Waals surface area contributed by atoms with Gasteiger partial charge in [0.25, 0.3) is 0 Å². The molecule has 0 aliphatic heterocycles. The number of nitrogens with one attached hydrogen (secondary N) is 1. The van der Waals surface area contributed by atoms with Crippen LogP contribution < -0.4 is 5.32 Å². The lowest BCUT2D eigenvalue weighted by molar-refractivity contribution is -0.151. The highest BCUT2D eigenvalue weighted by Gasteiger charge is 2.45. The van der Waals surface area contributed by atoms with E-state index in [1.165, 1.54) is 0 Å². The van der Waals surface area contributed by atoms with Gasteiger partial charge in [0.15, 0.2) is 0 Å². The lowest BCUT2D eigenvalue weighted by Gasteiger charge is -2.38. The number of carbonyl (C=O) groups excluding carboxylic acids is 1. The van der Waals surface area contributed by atoms with Crippen molar-refractivity contribution in [3.05, 3.63) is 45.2 Å². The van der Waals surface area contributed by atoms with E-state index >= 15 is 0 Å². The lowest BCUT2D eigenvalue weighted by atomic mass is 9.76. The van der Waals surface area contributed by atoms with Crippen molar-refractivity contribution < 1.29 is 14.7 Å². The molecule has 138 valence electrons. The molecule has 3 rings (SSSR count). The number of nitrogens with zero attached hydrogens (tertiary/aromatic N) is 2. The van der Waals surface area contributed by atoms with E-state index in [0.717, 1.165) is 23.4 Å². The second-order valence-corrected chi connectivity index (χ2v) is 7.44. The molecule has 2 N–H and O–H groups in total. The first-order valence-electron chi connectivity index (χ1n) is 8.28. The second-order valence-electron chi connectivity index (χ2n) is 6.63. The Bertz CT molecular complexity index is 888. The van der Waals surface area contributed by atoms with Crippen molar-refractivity contribution in [1.29, 1.82) is 0 Å². The van der Waals surface area contributed by atoms with Gasteiger partial charge in [-0.3, -0.25) is 4.79 Å². The second kappa shape index (κ2) is 6.93. The van der Waals surface area contributed by atoms with E-state index in [2.05, 4.69) is 10.4 Å². The summed E-state index contributed by atoms with van der Waals surface area (Å²) in [5.74, 6) is -1.29. The minimum absolute atomic E-state index is 0.0774. The van der Waals surface area contributed by atoms with Crippen molar-refractivity contribution in [2.75, 3.05) is 0 Å². The largest absolute Gasteiger partial charge is 0.480 e. The fraction of sp³-hybridized carbons (Fsp3) is 0.389. The average molecular weight is 396 g/mol. The van der Waals surface area contributed by atoms with Gasteiger partial charge in [-0.25, -0.2) is 9.48 Å². The summed E-state index contributed by atoms with van der Waals surface area (Å²) in [4.78, 5) is 23.8. The molecule has 2 aromatic rings. The monoisotopic (exact) mass is 395 g/mol. The molecule has 1 aromatic carbocycles. The summed E-state index contributed by atoms with van der Waals surface area (Å²) in [6, 6.07) is 5.20. The fourth-order valence-electron chi connectivity index (χ4n) is 3.19. The van der Waals surface area contributed by atoms with Crippen LogP contribution in [0.2, 0.25) is 10.0 Å². The van der Waals surface area contributed by atoms with Gasteiger partial charge in [-0.2, -0.15) is 5.10 Å².